The molecule has 1 amide bonds. The second-order valence-corrected chi connectivity index (χ2v) is 10.5. The first kappa shape index (κ1) is 27.1. The zero-order chi connectivity index (χ0) is 28.9. The number of aliphatic hydroxyl groups is 1. The fourth-order valence-corrected chi connectivity index (χ4v) is 5.47. The van der Waals surface area contributed by atoms with Gasteiger partial charge in [0, 0.05) is 50.0 Å². The zero-order valence-electron chi connectivity index (χ0n) is 22.0. The van der Waals surface area contributed by atoms with Gasteiger partial charge < -0.3 is 19.4 Å². The Bertz CT molecular complexity index is 1620. The van der Waals surface area contributed by atoms with Gasteiger partial charge in [0.15, 0.2) is 5.82 Å². The van der Waals surface area contributed by atoms with E-state index in [0.717, 1.165) is 0 Å². The minimum Gasteiger partial charge on any atom is -0.391 e. The van der Waals surface area contributed by atoms with Crippen LogP contribution < -0.4 is 4.90 Å². The van der Waals surface area contributed by atoms with Crippen molar-refractivity contribution in [1.29, 1.82) is 0 Å². The quantitative estimate of drug-likeness (QED) is 0.345. The molecule has 2 saturated heterocycles. The summed E-state index contributed by atoms with van der Waals surface area (Å²) in [5.74, 6) is -5.23. The third kappa shape index (κ3) is 5.21. The van der Waals surface area contributed by atoms with Crippen LogP contribution in [0.3, 0.4) is 0 Å². The fourth-order valence-electron chi connectivity index (χ4n) is 5.47. The van der Waals surface area contributed by atoms with E-state index >= 15 is 4.39 Å². The van der Waals surface area contributed by atoms with Gasteiger partial charge >= 0.3 is 5.92 Å². The SMILES string of the molecule is CC(F)(F)c1nc(C2CCN(c3ncnc4c(-c5ccc(C(=O)N6CCC(O)C6)c(F)c5)cc(F)cc34)CC2)no1. The van der Waals surface area contributed by atoms with Gasteiger partial charge in [-0.2, -0.15) is 13.8 Å². The molecule has 6 rings (SSSR count). The van der Waals surface area contributed by atoms with E-state index < -0.39 is 35.5 Å². The second kappa shape index (κ2) is 10.4. The summed E-state index contributed by atoms with van der Waals surface area (Å²) in [5, 5.41) is 13.9. The van der Waals surface area contributed by atoms with Gasteiger partial charge in [0.05, 0.1) is 17.2 Å². The summed E-state index contributed by atoms with van der Waals surface area (Å²) < 4.78 is 61.8. The van der Waals surface area contributed by atoms with Gasteiger partial charge in [0.25, 0.3) is 11.8 Å². The number of alkyl halides is 2. The Hall–Kier alpha value is -4.13. The van der Waals surface area contributed by atoms with Gasteiger partial charge in [-0.25, -0.2) is 18.7 Å². The van der Waals surface area contributed by atoms with Crippen molar-refractivity contribution in [2.75, 3.05) is 31.1 Å². The lowest BCUT2D eigenvalue weighted by molar-refractivity contribution is -0.0158. The monoisotopic (exact) mass is 570 g/mol. The largest absolute Gasteiger partial charge is 0.391 e. The molecule has 13 heteroatoms. The van der Waals surface area contributed by atoms with E-state index in [-0.39, 0.29) is 23.9 Å². The maximum absolute atomic E-state index is 15.1. The summed E-state index contributed by atoms with van der Waals surface area (Å²) in [4.78, 5) is 28.7. The summed E-state index contributed by atoms with van der Waals surface area (Å²) in [6.07, 6.45) is 2.25. The van der Waals surface area contributed by atoms with E-state index in [1.54, 1.807) is 6.07 Å². The maximum atomic E-state index is 15.1. The molecule has 0 aliphatic carbocycles. The molecule has 4 heterocycles. The molecule has 2 aliphatic heterocycles. The Morgan fingerprint density at radius 2 is 1.85 bits per heavy atom. The van der Waals surface area contributed by atoms with Gasteiger partial charge in [-0.15, -0.1) is 0 Å². The predicted octanol–water partition coefficient (Wildman–Crippen LogP) is 4.66. The molecule has 0 spiro atoms. The Labute approximate surface area is 231 Å². The number of piperidine rings is 1. The molecule has 1 atom stereocenters. The molecular weight excluding hydrogens is 544 g/mol. The lowest BCUT2D eigenvalue weighted by Gasteiger charge is -2.32. The van der Waals surface area contributed by atoms with Crippen LogP contribution in [-0.4, -0.2) is 68.3 Å². The first-order chi connectivity index (χ1) is 19.6. The van der Waals surface area contributed by atoms with Crippen LogP contribution in [0.25, 0.3) is 22.0 Å². The van der Waals surface area contributed by atoms with Crippen molar-refractivity contribution in [3.63, 3.8) is 0 Å². The molecule has 1 N–H and O–H groups in total. The van der Waals surface area contributed by atoms with E-state index in [0.29, 0.717) is 73.7 Å². The number of nitrogens with zero attached hydrogens (tertiary/aromatic N) is 6. The van der Waals surface area contributed by atoms with Gasteiger partial charge in [-0.3, -0.25) is 4.79 Å². The minimum atomic E-state index is -3.22. The molecule has 2 aromatic carbocycles. The van der Waals surface area contributed by atoms with Crippen LogP contribution in [0.1, 0.15) is 54.2 Å². The van der Waals surface area contributed by atoms with Crippen LogP contribution in [0, 0.1) is 11.6 Å². The number of β-amino-alcohol motifs (C(OH)–C–C–N with tert-alkyl or cyclic N) is 1. The lowest BCUT2D eigenvalue weighted by atomic mass is 9.95. The van der Waals surface area contributed by atoms with Crippen LogP contribution in [0.2, 0.25) is 0 Å². The third-order valence-corrected chi connectivity index (χ3v) is 7.62. The summed E-state index contributed by atoms with van der Waals surface area (Å²) in [6, 6.07) is 6.67. The Kier molecular flexibility index (Phi) is 6.84. The number of benzene rings is 2. The average molecular weight is 571 g/mol. The lowest BCUT2D eigenvalue weighted by Crippen LogP contribution is -2.34. The number of aromatic nitrogens is 4. The molecule has 4 aromatic rings. The Morgan fingerprint density at radius 3 is 2.51 bits per heavy atom. The highest BCUT2D eigenvalue weighted by molar-refractivity contribution is 6.00. The van der Waals surface area contributed by atoms with Crippen molar-refractivity contribution in [2.45, 2.75) is 44.1 Å². The van der Waals surface area contributed by atoms with Gasteiger partial charge in [0.2, 0.25) is 0 Å². The van der Waals surface area contributed by atoms with Gasteiger partial charge in [-0.05, 0) is 49.1 Å². The van der Waals surface area contributed by atoms with Crippen molar-refractivity contribution < 1.29 is 32.0 Å². The molecule has 9 nitrogen and oxygen atoms in total. The summed E-state index contributed by atoms with van der Waals surface area (Å²) in [6.45, 7) is 2.15. The number of carbonyl (C=O) groups excluding carboxylic acids is 1. The number of carbonyl (C=O) groups is 1. The zero-order valence-corrected chi connectivity index (χ0v) is 22.0. The fraction of sp³-hybridized carbons (Fsp3) is 0.393. The molecule has 1 unspecified atom stereocenters. The van der Waals surface area contributed by atoms with Gasteiger partial charge in [0.1, 0.15) is 23.8 Å². The number of likely N-dealkylation sites (tertiary alicyclic amines) is 1. The van der Waals surface area contributed by atoms with E-state index in [9.17, 15) is 23.1 Å². The second-order valence-electron chi connectivity index (χ2n) is 10.5. The average Bonchev–Trinajstić information content (AvgIpc) is 3.62. The number of hydrogen-bond acceptors (Lipinski definition) is 8. The van der Waals surface area contributed by atoms with E-state index in [4.69, 9.17) is 4.52 Å². The molecule has 2 aliphatic rings. The number of anilines is 1. The van der Waals surface area contributed by atoms with Crippen LogP contribution >= 0.6 is 0 Å². The first-order valence-electron chi connectivity index (χ1n) is 13.3. The molecule has 0 saturated carbocycles. The Morgan fingerprint density at radius 1 is 1.07 bits per heavy atom. The summed E-state index contributed by atoms with van der Waals surface area (Å²) >= 11 is 0. The molecule has 0 radical (unpaired) electrons. The number of amides is 1. The van der Waals surface area contributed by atoms with E-state index in [2.05, 4.69) is 20.1 Å². The Balaban J connectivity index is 1.26. The molecule has 2 aromatic heterocycles. The number of rotatable bonds is 5. The van der Waals surface area contributed by atoms with Crippen molar-refractivity contribution in [1.82, 2.24) is 25.0 Å². The van der Waals surface area contributed by atoms with Crippen LogP contribution in [0.5, 0.6) is 0 Å². The highest BCUT2D eigenvalue weighted by Gasteiger charge is 2.34. The molecule has 41 heavy (non-hydrogen) atoms. The van der Waals surface area contributed by atoms with Crippen molar-refractivity contribution in [3.8, 4) is 11.1 Å². The molecule has 0 bridgehead atoms. The van der Waals surface area contributed by atoms with Gasteiger partial charge in [-0.1, -0.05) is 11.2 Å². The minimum absolute atomic E-state index is 0.127. The van der Waals surface area contributed by atoms with Crippen molar-refractivity contribution in [3.05, 3.63) is 65.6 Å². The summed E-state index contributed by atoms with van der Waals surface area (Å²) in [5.41, 5.74) is 0.965. The summed E-state index contributed by atoms with van der Waals surface area (Å²) in [7, 11) is 0. The standard InChI is InChI=1S/C28H26F4N6O3/c1-28(31,32)27-35-24(36-41-27)15-4-7-37(8-5-15)25-21-12-17(29)11-20(23(21)33-14-34-25)16-2-3-19(22(30)10-16)26(40)38-9-6-18(39)13-38/h2-3,10-12,14-15,18,39H,4-9,13H2,1H3. The van der Waals surface area contributed by atoms with Crippen LogP contribution in [-0.2, 0) is 5.92 Å². The number of hydrogen-bond donors (Lipinski definition) is 1. The highest BCUT2D eigenvalue weighted by Crippen LogP contribution is 2.36. The highest BCUT2D eigenvalue weighted by atomic mass is 19.3. The molecule has 214 valence electrons. The molecular formula is C28H26F4N6O3. The third-order valence-electron chi connectivity index (χ3n) is 7.62. The maximum Gasteiger partial charge on any atom is 0.322 e. The smallest absolute Gasteiger partial charge is 0.322 e. The normalized spacial score (nSPS) is 18.4. The van der Waals surface area contributed by atoms with Crippen LogP contribution in [0.15, 0.2) is 41.2 Å². The number of halogens is 4. The predicted molar refractivity (Wildman–Crippen MR) is 139 cm³/mol. The number of fused-ring (bicyclic) bond motifs is 1. The topological polar surface area (TPSA) is 108 Å². The van der Waals surface area contributed by atoms with E-state index in [1.807, 2.05) is 4.90 Å². The van der Waals surface area contributed by atoms with Crippen molar-refractivity contribution >= 4 is 22.6 Å². The van der Waals surface area contributed by atoms with Crippen molar-refractivity contribution in [2.24, 2.45) is 0 Å². The molecule has 2 fully saturated rings. The number of aliphatic hydroxyl groups excluding tert-OH is 1. The first-order valence-corrected chi connectivity index (χ1v) is 13.3. The van der Waals surface area contributed by atoms with Crippen LogP contribution in [0.4, 0.5) is 23.4 Å². The van der Waals surface area contributed by atoms with E-state index in [1.165, 1.54) is 35.5 Å².